The molecule has 2 fully saturated rings. The van der Waals surface area contributed by atoms with E-state index in [1.165, 1.54) is 12.8 Å². The summed E-state index contributed by atoms with van der Waals surface area (Å²) < 4.78 is 5.81. The average molecular weight is 298 g/mol. The minimum Gasteiger partial charge on any atom is -0.393 e. The van der Waals surface area contributed by atoms with Gasteiger partial charge < -0.3 is 14.9 Å². The molecule has 0 aromatic heterocycles. The van der Waals surface area contributed by atoms with Gasteiger partial charge in [-0.05, 0) is 62.2 Å². The summed E-state index contributed by atoms with van der Waals surface area (Å²) in [5, 5.41) is 20.1. The molecule has 0 bridgehead atoms. The maximum atomic E-state index is 10.3. The van der Waals surface area contributed by atoms with Gasteiger partial charge in [-0.15, -0.1) is 0 Å². The molecule has 0 amide bonds. The summed E-state index contributed by atoms with van der Waals surface area (Å²) >= 11 is 0. The molecule has 3 nitrogen and oxygen atoms in total. The van der Waals surface area contributed by atoms with E-state index in [1.807, 2.05) is 0 Å². The van der Waals surface area contributed by atoms with E-state index in [0.29, 0.717) is 25.0 Å². The van der Waals surface area contributed by atoms with Crippen LogP contribution in [0.1, 0.15) is 66.7 Å². The molecule has 0 aliphatic heterocycles. The molecule has 0 spiro atoms. The van der Waals surface area contributed by atoms with Crippen molar-refractivity contribution in [3.8, 4) is 0 Å². The highest BCUT2D eigenvalue weighted by atomic mass is 16.5. The number of aliphatic hydroxyl groups is 2. The molecule has 0 saturated heterocycles. The van der Waals surface area contributed by atoms with Gasteiger partial charge in [0.25, 0.3) is 0 Å². The Morgan fingerprint density at radius 3 is 2.38 bits per heavy atom. The van der Waals surface area contributed by atoms with Gasteiger partial charge in [0.05, 0.1) is 24.9 Å². The van der Waals surface area contributed by atoms with E-state index in [-0.39, 0.29) is 16.9 Å². The van der Waals surface area contributed by atoms with Gasteiger partial charge in [-0.3, -0.25) is 0 Å². The minimum atomic E-state index is -0.765. The lowest BCUT2D eigenvalue weighted by Gasteiger charge is -2.48. The molecular weight excluding hydrogens is 264 g/mol. The van der Waals surface area contributed by atoms with E-state index in [2.05, 4.69) is 20.8 Å². The van der Waals surface area contributed by atoms with Crippen molar-refractivity contribution in [2.75, 3.05) is 13.2 Å². The van der Waals surface area contributed by atoms with Crippen molar-refractivity contribution in [1.82, 2.24) is 0 Å². The Hall–Kier alpha value is -0.120. The van der Waals surface area contributed by atoms with E-state index in [0.717, 1.165) is 19.3 Å². The third-order valence-corrected chi connectivity index (χ3v) is 5.96. The first-order chi connectivity index (χ1) is 9.56. The fraction of sp³-hybridized carbons (Fsp3) is 1.00. The zero-order chi connectivity index (χ0) is 15.9. The van der Waals surface area contributed by atoms with Crippen LogP contribution >= 0.6 is 0 Å². The molecule has 2 N–H and O–H groups in total. The van der Waals surface area contributed by atoms with Crippen molar-refractivity contribution in [1.29, 1.82) is 0 Å². The van der Waals surface area contributed by atoms with Crippen molar-refractivity contribution >= 4 is 0 Å². The van der Waals surface area contributed by atoms with Crippen LogP contribution in [-0.2, 0) is 4.74 Å². The Morgan fingerprint density at radius 2 is 1.76 bits per heavy atom. The number of aliphatic hydroxyl groups excluding tert-OH is 1. The van der Waals surface area contributed by atoms with Gasteiger partial charge in [-0.25, -0.2) is 0 Å². The quantitative estimate of drug-likeness (QED) is 0.818. The third kappa shape index (κ3) is 3.62. The summed E-state index contributed by atoms with van der Waals surface area (Å²) in [6.45, 7) is 11.6. The molecule has 4 atom stereocenters. The van der Waals surface area contributed by atoms with Gasteiger partial charge in [0, 0.05) is 0 Å². The van der Waals surface area contributed by atoms with Crippen molar-refractivity contribution < 1.29 is 14.9 Å². The van der Waals surface area contributed by atoms with Crippen molar-refractivity contribution in [3.63, 3.8) is 0 Å². The van der Waals surface area contributed by atoms with Gasteiger partial charge in [-0.1, -0.05) is 27.2 Å². The number of hydrogen-bond donors (Lipinski definition) is 2. The molecule has 2 aliphatic carbocycles. The maximum absolute atomic E-state index is 10.3. The average Bonchev–Trinajstić information content (AvgIpc) is 2.66. The van der Waals surface area contributed by atoms with E-state index >= 15 is 0 Å². The predicted molar refractivity (Wildman–Crippen MR) is 85.1 cm³/mol. The predicted octanol–water partition coefficient (Wildman–Crippen LogP) is 3.38. The Balaban J connectivity index is 2.02. The zero-order valence-electron chi connectivity index (χ0n) is 14.5. The Morgan fingerprint density at radius 1 is 1.10 bits per heavy atom. The highest BCUT2D eigenvalue weighted by Crippen LogP contribution is 2.60. The van der Waals surface area contributed by atoms with E-state index in [1.54, 1.807) is 13.8 Å². The van der Waals surface area contributed by atoms with Gasteiger partial charge in [-0.2, -0.15) is 0 Å². The maximum Gasteiger partial charge on any atom is 0.0824 e. The molecule has 0 aromatic carbocycles. The zero-order valence-corrected chi connectivity index (χ0v) is 14.5. The van der Waals surface area contributed by atoms with E-state index < -0.39 is 5.60 Å². The standard InChI is InChI=1S/C18H34O3/c1-16(2,11-21-12-17(3,4)20)15-9-8-13-14(19)7-6-10-18(13,15)5/h13-15,19-20H,6-12H2,1-5H3/t13-,14-,15+,18-/m0/s1. The second-order valence-corrected chi connectivity index (χ2v) is 9.00. The molecule has 3 heteroatoms. The third-order valence-electron chi connectivity index (χ3n) is 5.96. The molecule has 0 radical (unpaired) electrons. The summed E-state index contributed by atoms with van der Waals surface area (Å²) in [5.74, 6) is 1.05. The highest BCUT2D eigenvalue weighted by molar-refractivity contribution is 5.04. The fourth-order valence-electron chi connectivity index (χ4n) is 5.10. The van der Waals surface area contributed by atoms with Crippen LogP contribution in [0.3, 0.4) is 0 Å². The molecule has 2 aliphatic rings. The lowest BCUT2D eigenvalue weighted by atomic mass is 9.58. The molecule has 0 unspecified atom stereocenters. The normalized spacial score (nSPS) is 37.6. The monoisotopic (exact) mass is 298 g/mol. The summed E-state index contributed by atoms with van der Waals surface area (Å²) in [6, 6.07) is 0. The molecule has 124 valence electrons. The van der Waals surface area contributed by atoms with Gasteiger partial charge in [0.2, 0.25) is 0 Å². The lowest BCUT2D eigenvalue weighted by molar-refractivity contribution is -0.0853. The van der Waals surface area contributed by atoms with Crippen LogP contribution in [0.5, 0.6) is 0 Å². The van der Waals surface area contributed by atoms with E-state index in [9.17, 15) is 10.2 Å². The van der Waals surface area contributed by atoms with Crippen LogP contribution in [0.25, 0.3) is 0 Å². The molecule has 2 saturated carbocycles. The topological polar surface area (TPSA) is 49.7 Å². The van der Waals surface area contributed by atoms with E-state index in [4.69, 9.17) is 4.74 Å². The van der Waals surface area contributed by atoms with Crippen molar-refractivity contribution in [2.24, 2.45) is 22.7 Å². The largest absolute Gasteiger partial charge is 0.393 e. The number of ether oxygens (including phenoxy) is 1. The SMILES string of the molecule is CC(C)(O)COCC(C)(C)[C@H]1CC[C@H]2[C@@H](O)CCC[C@]12C. The van der Waals surface area contributed by atoms with Crippen LogP contribution < -0.4 is 0 Å². The van der Waals surface area contributed by atoms with Crippen LogP contribution in [0.4, 0.5) is 0 Å². The minimum absolute atomic E-state index is 0.0891. The smallest absolute Gasteiger partial charge is 0.0824 e. The number of rotatable bonds is 5. The van der Waals surface area contributed by atoms with Crippen molar-refractivity contribution in [2.45, 2.75) is 78.4 Å². The molecule has 0 heterocycles. The fourth-order valence-corrected chi connectivity index (χ4v) is 5.10. The number of hydrogen-bond acceptors (Lipinski definition) is 3. The summed E-state index contributed by atoms with van der Waals surface area (Å²) in [6.07, 6.45) is 5.58. The van der Waals surface area contributed by atoms with Crippen LogP contribution in [0.2, 0.25) is 0 Å². The van der Waals surface area contributed by atoms with Crippen LogP contribution in [0, 0.1) is 22.7 Å². The summed E-state index contributed by atoms with van der Waals surface area (Å²) in [7, 11) is 0. The number of fused-ring (bicyclic) bond motifs is 1. The molecule has 21 heavy (non-hydrogen) atoms. The van der Waals surface area contributed by atoms with Crippen LogP contribution in [0.15, 0.2) is 0 Å². The lowest BCUT2D eigenvalue weighted by Crippen LogP contribution is -2.45. The Kier molecular flexibility index (Phi) is 4.78. The Labute approximate surface area is 130 Å². The van der Waals surface area contributed by atoms with Crippen molar-refractivity contribution in [3.05, 3.63) is 0 Å². The Bertz CT molecular complexity index is 358. The van der Waals surface area contributed by atoms with Gasteiger partial charge in [0.15, 0.2) is 0 Å². The summed E-state index contributed by atoms with van der Waals surface area (Å²) in [4.78, 5) is 0. The van der Waals surface area contributed by atoms with Gasteiger partial charge in [0.1, 0.15) is 0 Å². The summed E-state index contributed by atoms with van der Waals surface area (Å²) in [5.41, 5.74) is -0.426. The molecule has 2 rings (SSSR count). The first kappa shape index (κ1) is 17.2. The first-order valence-electron chi connectivity index (χ1n) is 8.54. The highest BCUT2D eigenvalue weighted by Gasteiger charge is 2.55. The first-order valence-corrected chi connectivity index (χ1v) is 8.54. The molecular formula is C18H34O3. The van der Waals surface area contributed by atoms with Gasteiger partial charge >= 0.3 is 0 Å². The molecule has 0 aromatic rings. The second-order valence-electron chi connectivity index (χ2n) is 9.00. The second kappa shape index (κ2) is 5.82. The van der Waals surface area contributed by atoms with Crippen LogP contribution in [-0.4, -0.2) is 35.1 Å².